The first-order chi connectivity index (χ1) is 44.6. The van der Waals surface area contributed by atoms with Gasteiger partial charge in [0.2, 0.25) is 0 Å². The number of hydrogen-bond donors (Lipinski definition) is 8. The fraction of sp³-hybridized carbons (Fsp3) is 0.420. The summed E-state index contributed by atoms with van der Waals surface area (Å²) in [5, 5.41) is 41.5. The minimum atomic E-state index is -0.470. The molecule has 4 aliphatic rings. The highest BCUT2D eigenvalue weighted by atomic mass is 79.9. The molecule has 8 aromatic rings. The molecule has 4 aliphatic heterocycles. The van der Waals surface area contributed by atoms with Crippen molar-refractivity contribution in [2.75, 3.05) is 47.4 Å². The SMILES string of the molecule is CC(C)(C)c1n[nH]c2c1CN(C(=O)Nc1ccc(F)c(Br)c1)CC2.CC(C)(C)c1n[nH]c2c1CN(C(=O)Nc1cccc(Br)c1)CC2.CC(C)(C)c1n[nH]c2c1CN(C(=O)Nc1cccc(Br)c1F)CC2.Cc1cc(NC(=O)N2CCc3[nH]nc(C(C)(C)C)c3C2)ccc1F. The van der Waals surface area contributed by atoms with Gasteiger partial charge in [-0.25, -0.2) is 32.3 Å². The van der Waals surface area contributed by atoms with E-state index in [9.17, 15) is 32.3 Å². The fourth-order valence-electron chi connectivity index (χ4n) is 11.6. The van der Waals surface area contributed by atoms with Crippen LogP contribution in [0.25, 0.3) is 0 Å². The van der Waals surface area contributed by atoms with E-state index >= 15 is 0 Å². The molecule has 0 unspecified atom stereocenters. The number of urea groups is 4. The van der Waals surface area contributed by atoms with Crippen molar-refractivity contribution in [1.82, 2.24) is 60.4 Å². The lowest BCUT2D eigenvalue weighted by Crippen LogP contribution is -2.39. The van der Waals surface area contributed by atoms with Crippen LogP contribution in [0.15, 0.2) is 92.3 Å². The normalized spacial score (nSPS) is 14.5. The summed E-state index contributed by atoms with van der Waals surface area (Å²) in [5.74, 6) is -1.10. The van der Waals surface area contributed by atoms with Crippen LogP contribution in [0.3, 0.4) is 0 Å². The number of aromatic nitrogens is 8. The Morgan fingerprint density at radius 2 is 0.758 bits per heavy atom. The van der Waals surface area contributed by atoms with Crippen molar-refractivity contribution in [3.63, 3.8) is 0 Å². The summed E-state index contributed by atoms with van der Waals surface area (Å²) in [7, 11) is 0. The maximum absolute atomic E-state index is 14.0. The molecule has 0 saturated heterocycles. The Bertz CT molecular complexity index is 3980. The van der Waals surface area contributed by atoms with E-state index in [-0.39, 0.29) is 63.1 Å². The van der Waals surface area contributed by atoms with Gasteiger partial charge in [0.1, 0.15) is 11.6 Å². The van der Waals surface area contributed by atoms with Crippen LogP contribution in [-0.4, -0.2) is 111 Å². The van der Waals surface area contributed by atoms with Crippen LogP contribution in [0.2, 0.25) is 0 Å². The van der Waals surface area contributed by atoms with Crippen molar-refractivity contribution < 1.29 is 32.3 Å². The van der Waals surface area contributed by atoms with Crippen molar-refractivity contribution >= 4 is 94.7 Å². The van der Waals surface area contributed by atoms with Gasteiger partial charge in [0.05, 0.1) is 63.6 Å². The van der Waals surface area contributed by atoms with Crippen LogP contribution in [0.1, 0.15) is 156 Å². The van der Waals surface area contributed by atoms with E-state index in [1.54, 1.807) is 64.1 Å². The van der Waals surface area contributed by atoms with Gasteiger partial charge < -0.3 is 40.9 Å². The Kier molecular flexibility index (Phi) is 21.9. The van der Waals surface area contributed by atoms with E-state index < -0.39 is 5.82 Å². The number of rotatable bonds is 4. The first-order valence-electron chi connectivity index (χ1n) is 31.5. The summed E-state index contributed by atoms with van der Waals surface area (Å²) in [6, 6.07) is 20.7. The van der Waals surface area contributed by atoms with Gasteiger partial charge in [0, 0.05) is 140 Å². The lowest BCUT2D eigenvalue weighted by molar-refractivity contribution is 0.205. The summed E-state index contributed by atoms with van der Waals surface area (Å²) in [4.78, 5) is 57.2. The molecule has 0 radical (unpaired) electrons. The number of carbonyl (C=O) groups excluding carboxylic acids is 4. The van der Waals surface area contributed by atoms with E-state index in [2.05, 4.69) is 193 Å². The third kappa shape index (κ3) is 17.6. The number of amides is 8. The number of nitrogens with one attached hydrogen (secondary N) is 8. The Labute approximate surface area is 577 Å². The molecule has 0 spiro atoms. The fourth-order valence-corrected chi connectivity index (χ4v) is 12.8. The zero-order chi connectivity index (χ0) is 69.1. The summed E-state index contributed by atoms with van der Waals surface area (Å²) in [5.41, 5.74) is 15.3. The lowest BCUT2D eigenvalue weighted by Gasteiger charge is -2.29. The standard InChI is InChI=1S/C18H23FN4O.2C17H20BrFN4O.C17H21BrN4O/c1-11-9-12(5-6-14(11)19)20-17(24)23-8-7-15-13(10-23)16(22-21-15)18(2,3)4;1-17(2,3)15-11-9-23(7-6-14(11)21-22-15)16(24)20-10-4-5-13(19)12(18)8-10;1-17(2,3)15-10-9-23(8-7-12(10)21-22-15)16(24)20-13-6-4-5-11(18)14(13)19;1-17(2,3)15-13-10-22(8-7-14(13)20-21-15)16(23)19-12-6-4-5-11(18)9-12/h5-6,9H,7-8,10H2,1-4H3,(H,20,24)(H,21,22);4-5,8H,6-7,9H2,1-3H3,(H,20,24)(H,21,22);4-6H,7-9H2,1-3H3,(H,20,24)(H,21,22);4-6,9H,7-8,10H2,1-3H3,(H,19,23)(H,20,21). The first-order valence-corrected chi connectivity index (χ1v) is 33.9. The van der Waals surface area contributed by atoms with Crippen molar-refractivity contribution in [1.29, 1.82) is 0 Å². The number of fused-ring (bicyclic) bond motifs is 4. The van der Waals surface area contributed by atoms with E-state index in [1.165, 1.54) is 12.1 Å². The summed E-state index contributed by atoms with van der Waals surface area (Å²) in [6.45, 7) is 31.7. The number of benzene rings is 4. The molecule has 26 heteroatoms. The monoisotopic (exact) mass is 1490 g/mol. The second-order valence-corrected chi connectivity index (χ2v) is 30.9. The summed E-state index contributed by atoms with van der Waals surface area (Å²) in [6.07, 6.45) is 3.03. The van der Waals surface area contributed by atoms with Crippen LogP contribution in [0.5, 0.6) is 0 Å². The second kappa shape index (κ2) is 29.2. The van der Waals surface area contributed by atoms with Crippen LogP contribution >= 0.6 is 47.8 Å². The Balaban J connectivity index is 0.000000149. The molecule has 12 rings (SSSR count). The second-order valence-electron chi connectivity index (χ2n) is 28.2. The van der Waals surface area contributed by atoms with Crippen LogP contribution in [-0.2, 0) is 73.5 Å². The van der Waals surface area contributed by atoms with Gasteiger partial charge in [0.15, 0.2) is 5.82 Å². The largest absolute Gasteiger partial charge is 0.322 e. The van der Waals surface area contributed by atoms with Crippen molar-refractivity contribution in [3.8, 4) is 0 Å². The number of anilines is 4. The molecule has 8 N–H and O–H groups in total. The number of carbonyl (C=O) groups is 4. The number of hydrogen-bond acceptors (Lipinski definition) is 8. The predicted octanol–water partition coefficient (Wildman–Crippen LogP) is 16.2. The maximum atomic E-state index is 14.0. The van der Waals surface area contributed by atoms with Gasteiger partial charge in [0.25, 0.3) is 0 Å². The Morgan fingerprint density at radius 3 is 1.11 bits per heavy atom. The predicted molar refractivity (Wildman–Crippen MR) is 375 cm³/mol. The van der Waals surface area contributed by atoms with Gasteiger partial charge in [-0.05, 0) is 111 Å². The molecule has 506 valence electrons. The number of aromatic amines is 4. The van der Waals surface area contributed by atoms with Crippen LogP contribution in [0, 0.1) is 24.4 Å². The highest BCUT2D eigenvalue weighted by Crippen LogP contribution is 2.35. The summed E-state index contributed by atoms with van der Waals surface area (Å²) < 4.78 is 42.3. The molecule has 20 nitrogen and oxygen atoms in total. The Hall–Kier alpha value is -7.97. The van der Waals surface area contributed by atoms with Crippen LogP contribution < -0.4 is 21.3 Å². The van der Waals surface area contributed by atoms with Gasteiger partial charge in [-0.3, -0.25) is 20.4 Å². The average molecular weight is 1500 g/mol. The van der Waals surface area contributed by atoms with Gasteiger partial charge in [-0.2, -0.15) is 20.4 Å². The molecule has 0 fully saturated rings. The van der Waals surface area contributed by atoms with Crippen molar-refractivity contribution in [2.45, 2.75) is 164 Å². The number of H-pyrrole nitrogens is 4. The third-order valence-corrected chi connectivity index (χ3v) is 18.3. The lowest BCUT2D eigenvalue weighted by atomic mass is 9.87. The molecule has 4 aromatic carbocycles. The molecule has 8 amide bonds. The topological polar surface area (TPSA) is 244 Å². The quantitative estimate of drug-likeness (QED) is 0.0840. The number of nitrogens with zero attached hydrogens (tertiary/aromatic N) is 8. The van der Waals surface area contributed by atoms with Gasteiger partial charge >= 0.3 is 24.1 Å². The molecule has 0 aliphatic carbocycles. The smallest absolute Gasteiger partial charge is 0.320 e. The zero-order valence-electron chi connectivity index (χ0n) is 56.0. The van der Waals surface area contributed by atoms with E-state index in [0.29, 0.717) is 84.7 Å². The molecule has 8 heterocycles. The van der Waals surface area contributed by atoms with Gasteiger partial charge in [-0.15, -0.1) is 0 Å². The highest BCUT2D eigenvalue weighted by molar-refractivity contribution is 9.11. The minimum Gasteiger partial charge on any atom is -0.320 e. The summed E-state index contributed by atoms with van der Waals surface area (Å²) >= 11 is 9.67. The molecular formula is C69H84Br3F3N16O4. The van der Waals surface area contributed by atoms with Crippen molar-refractivity contribution in [3.05, 3.63) is 183 Å². The van der Waals surface area contributed by atoms with E-state index in [0.717, 1.165) is 97.2 Å². The third-order valence-electron chi connectivity index (χ3n) is 16.6. The molecular weight excluding hydrogens is 1410 g/mol. The number of halogens is 6. The van der Waals surface area contributed by atoms with E-state index in [1.807, 2.05) is 29.2 Å². The highest BCUT2D eigenvalue weighted by Gasteiger charge is 2.35. The maximum Gasteiger partial charge on any atom is 0.322 e. The first kappa shape index (κ1) is 71.3. The zero-order valence-corrected chi connectivity index (χ0v) is 60.7. The molecule has 4 aromatic heterocycles. The van der Waals surface area contributed by atoms with Crippen molar-refractivity contribution in [2.24, 2.45) is 0 Å². The molecule has 0 saturated carbocycles. The van der Waals surface area contributed by atoms with Crippen LogP contribution in [0.4, 0.5) is 55.1 Å². The Morgan fingerprint density at radius 1 is 0.421 bits per heavy atom. The molecule has 0 atom stereocenters. The average Bonchev–Trinajstić information content (AvgIpc) is 1.69. The number of aryl methyl sites for hydroxylation is 1. The molecule has 0 bridgehead atoms. The minimum absolute atomic E-state index is 0.0339. The van der Waals surface area contributed by atoms with Gasteiger partial charge in [-0.1, -0.05) is 111 Å². The molecule has 95 heavy (non-hydrogen) atoms. The van der Waals surface area contributed by atoms with E-state index in [4.69, 9.17) is 0 Å².